The van der Waals surface area contributed by atoms with Gasteiger partial charge in [0.05, 0.1) is 11.6 Å². The van der Waals surface area contributed by atoms with E-state index in [-0.39, 0.29) is 12.7 Å². The average molecular weight is 309 g/mol. The number of carbonyl (C=O) groups excluding carboxylic acids is 1. The van der Waals surface area contributed by atoms with E-state index in [1.165, 1.54) is 0 Å². The molecule has 6 nitrogen and oxygen atoms in total. The number of fused-ring (bicyclic) bond motifs is 1. The molecular weight excluding hydrogens is 294 g/mol. The van der Waals surface area contributed by atoms with Gasteiger partial charge in [-0.3, -0.25) is 4.79 Å². The van der Waals surface area contributed by atoms with E-state index in [1.54, 1.807) is 36.4 Å². The molecule has 0 fully saturated rings. The number of carbonyl (C=O) groups is 1. The first kappa shape index (κ1) is 14.7. The molecule has 0 aromatic heterocycles. The number of benzene rings is 2. The van der Waals surface area contributed by atoms with Crippen LogP contribution in [0.25, 0.3) is 0 Å². The van der Waals surface area contributed by atoms with E-state index >= 15 is 0 Å². The van der Waals surface area contributed by atoms with Crippen molar-refractivity contribution in [2.75, 3.05) is 24.0 Å². The van der Waals surface area contributed by atoms with Gasteiger partial charge in [-0.1, -0.05) is 6.07 Å². The second kappa shape index (κ2) is 6.71. The standard InChI is InChI=1S/C17H15N3O3/c18-10-12-2-1-3-13(8-12)19-7-6-17(21)20-14-4-5-15-16(9-14)23-11-22-15/h1-5,8-9,19H,6-7,11H2,(H,20,21). The number of rotatable bonds is 5. The van der Waals surface area contributed by atoms with Crippen LogP contribution in [-0.4, -0.2) is 19.2 Å². The monoisotopic (exact) mass is 309 g/mol. The first-order valence-corrected chi connectivity index (χ1v) is 7.18. The third-order valence-corrected chi connectivity index (χ3v) is 3.33. The van der Waals surface area contributed by atoms with Crippen LogP contribution < -0.4 is 20.1 Å². The molecule has 0 spiro atoms. The lowest BCUT2D eigenvalue weighted by Gasteiger charge is -2.08. The third-order valence-electron chi connectivity index (χ3n) is 3.33. The van der Waals surface area contributed by atoms with Gasteiger partial charge in [0.25, 0.3) is 0 Å². The SMILES string of the molecule is N#Cc1cccc(NCCC(=O)Nc2ccc3c(c2)OCO3)c1. The summed E-state index contributed by atoms with van der Waals surface area (Å²) in [7, 11) is 0. The lowest BCUT2D eigenvalue weighted by atomic mass is 10.2. The van der Waals surface area contributed by atoms with E-state index in [4.69, 9.17) is 14.7 Å². The Balaban J connectivity index is 1.49. The van der Waals surface area contributed by atoms with Gasteiger partial charge in [0, 0.05) is 30.4 Å². The number of hydrogen-bond acceptors (Lipinski definition) is 5. The van der Waals surface area contributed by atoms with Crippen molar-refractivity contribution in [1.82, 2.24) is 0 Å². The predicted molar refractivity (Wildman–Crippen MR) is 85.5 cm³/mol. The van der Waals surface area contributed by atoms with E-state index in [9.17, 15) is 4.79 Å². The number of nitriles is 1. The van der Waals surface area contributed by atoms with E-state index in [0.29, 0.717) is 35.7 Å². The molecule has 0 radical (unpaired) electrons. The van der Waals surface area contributed by atoms with Crippen molar-refractivity contribution in [3.63, 3.8) is 0 Å². The fourth-order valence-electron chi connectivity index (χ4n) is 2.22. The summed E-state index contributed by atoms with van der Waals surface area (Å²) in [6.45, 7) is 0.684. The molecule has 1 aliphatic rings. The van der Waals surface area contributed by atoms with Crippen molar-refractivity contribution in [3.8, 4) is 17.6 Å². The van der Waals surface area contributed by atoms with Gasteiger partial charge in [-0.05, 0) is 30.3 Å². The highest BCUT2D eigenvalue weighted by atomic mass is 16.7. The van der Waals surface area contributed by atoms with Crippen LogP contribution in [-0.2, 0) is 4.79 Å². The number of hydrogen-bond donors (Lipinski definition) is 2. The van der Waals surface area contributed by atoms with Crippen molar-refractivity contribution in [1.29, 1.82) is 5.26 Å². The van der Waals surface area contributed by atoms with Crippen LogP contribution in [0.5, 0.6) is 11.5 Å². The Labute approximate surface area is 133 Å². The molecule has 1 aliphatic heterocycles. The Hall–Kier alpha value is -3.20. The van der Waals surface area contributed by atoms with E-state index in [1.807, 2.05) is 6.07 Å². The minimum atomic E-state index is -0.104. The normalized spacial score (nSPS) is 11.6. The molecule has 3 rings (SSSR count). The second-order valence-corrected chi connectivity index (χ2v) is 4.99. The number of ether oxygens (including phenoxy) is 2. The largest absolute Gasteiger partial charge is 0.454 e. The lowest BCUT2D eigenvalue weighted by Crippen LogP contribution is -2.16. The Morgan fingerprint density at radius 3 is 2.87 bits per heavy atom. The predicted octanol–water partition coefficient (Wildman–Crippen LogP) is 2.73. The molecule has 0 unspecified atom stereocenters. The summed E-state index contributed by atoms with van der Waals surface area (Å²) in [5.74, 6) is 1.21. The molecule has 0 atom stereocenters. The molecule has 116 valence electrons. The minimum Gasteiger partial charge on any atom is -0.454 e. The van der Waals surface area contributed by atoms with Crippen LogP contribution in [0.1, 0.15) is 12.0 Å². The van der Waals surface area contributed by atoms with Crippen LogP contribution in [0.2, 0.25) is 0 Å². The molecule has 2 aromatic carbocycles. The summed E-state index contributed by atoms with van der Waals surface area (Å²) in [6, 6.07) is 14.5. The first-order valence-electron chi connectivity index (χ1n) is 7.18. The van der Waals surface area contributed by atoms with Crippen molar-refractivity contribution >= 4 is 17.3 Å². The number of anilines is 2. The van der Waals surface area contributed by atoms with Gasteiger partial charge >= 0.3 is 0 Å². The van der Waals surface area contributed by atoms with Gasteiger partial charge in [0.15, 0.2) is 11.5 Å². The number of amides is 1. The summed E-state index contributed by atoms with van der Waals surface area (Å²) < 4.78 is 10.5. The Morgan fingerprint density at radius 2 is 2.00 bits per heavy atom. The molecule has 1 amide bonds. The zero-order valence-electron chi connectivity index (χ0n) is 12.3. The maximum atomic E-state index is 12.0. The summed E-state index contributed by atoms with van der Waals surface area (Å²) in [6.07, 6.45) is 0.311. The minimum absolute atomic E-state index is 0.104. The molecule has 0 saturated heterocycles. The highest BCUT2D eigenvalue weighted by Gasteiger charge is 2.13. The third kappa shape index (κ3) is 3.71. The average Bonchev–Trinajstić information content (AvgIpc) is 3.02. The summed E-state index contributed by atoms with van der Waals surface area (Å²) in [4.78, 5) is 12.0. The molecule has 2 aromatic rings. The molecule has 0 aliphatic carbocycles. The van der Waals surface area contributed by atoms with Gasteiger partial charge < -0.3 is 20.1 Å². The van der Waals surface area contributed by atoms with Gasteiger partial charge in [-0.15, -0.1) is 0 Å². The highest BCUT2D eigenvalue weighted by molar-refractivity contribution is 5.91. The van der Waals surface area contributed by atoms with Gasteiger partial charge in [0.1, 0.15) is 0 Å². The molecule has 0 bridgehead atoms. The smallest absolute Gasteiger partial charge is 0.231 e. The van der Waals surface area contributed by atoms with E-state index < -0.39 is 0 Å². The second-order valence-electron chi connectivity index (χ2n) is 4.99. The van der Waals surface area contributed by atoms with Crippen LogP contribution >= 0.6 is 0 Å². The maximum absolute atomic E-state index is 12.0. The summed E-state index contributed by atoms with van der Waals surface area (Å²) >= 11 is 0. The lowest BCUT2D eigenvalue weighted by molar-refractivity contribution is -0.115. The zero-order chi connectivity index (χ0) is 16.1. The van der Waals surface area contributed by atoms with Crippen LogP contribution in [0.3, 0.4) is 0 Å². The molecule has 23 heavy (non-hydrogen) atoms. The van der Waals surface area contributed by atoms with Gasteiger partial charge in [0.2, 0.25) is 12.7 Å². The quantitative estimate of drug-likeness (QED) is 0.887. The topological polar surface area (TPSA) is 83.4 Å². The Morgan fingerprint density at radius 1 is 1.13 bits per heavy atom. The van der Waals surface area contributed by atoms with Crippen molar-refractivity contribution < 1.29 is 14.3 Å². The van der Waals surface area contributed by atoms with Crippen LogP contribution in [0.4, 0.5) is 11.4 Å². The zero-order valence-corrected chi connectivity index (χ0v) is 12.3. The molecular formula is C17H15N3O3. The van der Waals surface area contributed by atoms with Crippen molar-refractivity contribution in [2.24, 2.45) is 0 Å². The maximum Gasteiger partial charge on any atom is 0.231 e. The molecule has 0 saturated carbocycles. The Bertz CT molecular complexity index is 768. The van der Waals surface area contributed by atoms with Gasteiger partial charge in [-0.25, -0.2) is 0 Å². The fraction of sp³-hybridized carbons (Fsp3) is 0.176. The molecule has 1 heterocycles. The van der Waals surface area contributed by atoms with Crippen LogP contribution in [0.15, 0.2) is 42.5 Å². The highest BCUT2D eigenvalue weighted by Crippen LogP contribution is 2.34. The van der Waals surface area contributed by atoms with Crippen LogP contribution in [0, 0.1) is 11.3 Å². The Kier molecular flexibility index (Phi) is 4.29. The molecule has 6 heteroatoms. The summed E-state index contributed by atoms with van der Waals surface area (Å²) in [5, 5.41) is 14.8. The number of nitrogens with zero attached hydrogens (tertiary/aromatic N) is 1. The van der Waals surface area contributed by atoms with E-state index in [2.05, 4.69) is 16.7 Å². The van der Waals surface area contributed by atoms with Crippen molar-refractivity contribution in [2.45, 2.75) is 6.42 Å². The van der Waals surface area contributed by atoms with Crippen molar-refractivity contribution in [3.05, 3.63) is 48.0 Å². The fourth-order valence-corrected chi connectivity index (χ4v) is 2.22. The summed E-state index contributed by atoms with van der Waals surface area (Å²) in [5.41, 5.74) is 2.07. The first-order chi connectivity index (χ1) is 11.2. The number of nitrogens with one attached hydrogen (secondary N) is 2. The molecule has 2 N–H and O–H groups in total. The van der Waals surface area contributed by atoms with E-state index in [0.717, 1.165) is 5.69 Å². The van der Waals surface area contributed by atoms with Gasteiger partial charge in [-0.2, -0.15) is 5.26 Å².